The van der Waals surface area contributed by atoms with Gasteiger partial charge in [-0.3, -0.25) is 9.79 Å². The Morgan fingerprint density at radius 2 is 1.06 bits per heavy atom. The average Bonchev–Trinajstić information content (AvgIpc) is 3.20. The molecule has 0 spiro atoms. The highest BCUT2D eigenvalue weighted by atomic mass is 28.4. The van der Waals surface area contributed by atoms with E-state index >= 15 is 0 Å². The van der Waals surface area contributed by atoms with Gasteiger partial charge in [0.25, 0.3) is 0 Å². The predicted molar refractivity (Wildman–Crippen MR) is 231 cm³/mol. The number of nitrogens with one attached hydrogen (secondary N) is 1. The van der Waals surface area contributed by atoms with Gasteiger partial charge in [0.15, 0.2) is 5.78 Å². The normalized spacial score (nSPS) is 12.1. The molecule has 0 aromatic heterocycles. The Morgan fingerprint density at radius 3 is 1.55 bits per heavy atom. The van der Waals surface area contributed by atoms with Gasteiger partial charge in [0.1, 0.15) is 5.76 Å². The summed E-state index contributed by atoms with van der Waals surface area (Å²) in [6, 6.07) is 59.8. The van der Waals surface area contributed by atoms with Crippen LogP contribution in [-0.4, -0.2) is 20.3 Å². The molecule has 0 amide bonds. The number of carbonyl (C=O) groups excluding carboxylic acids is 1. The Balaban J connectivity index is 0.000000226. The third-order valence-electron chi connectivity index (χ3n) is 7.88. The fraction of sp³-hybridized carbons (Fsp3) is 0.167. The molecule has 1 N–H and O–H groups in total. The number of allylic oxidation sites excluding steroid dienone is 1. The lowest BCUT2D eigenvalue weighted by atomic mass is 9.88. The van der Waals surface area contributed by atoms with Crippen LogP contribution in [0.25, 0.3) is 5.76 Å². The van der Waals surface area contributed by atoms with E-state index in [1.165, 1.54) is 0 Å². The maximum Gasteiger partial charge on any atom is 0.242 e. The summed E-state index contributed by atoms with van der Waals surface area (Å²) >= 11 is 0. The lowest BCUT2D eigenvalue weighted by Crippen LogP contribution is -2.25. The van der Waals surface area contributed by atoms with Crippen molar-refractivity contribution in [3.8, 4) is 0 Å². The Kier molecular flexibility index (Phi) is 17.5. The first kappa shape index (κ1) is 41.6. The molecule has 6 aromatic rings. The van der Waals surface area contributed by atoms with Crippen molar-refractivity contribution in [2.75, 3.05) is 5.32 Å². The zero-order valence-corrected chi connectivity index (χ0v) is 31.9. The van der Waals surface area contributed by atoms with Crippen LogP contribution in [0, 0.1) is 5.92 Å². The Bertz CT molecular complexity index is 1890. The second-order valence-electron chi connectivity index (χ2n) is 13.2. The molecule has 2 atom stereocenters. The zero-order chi connectivity index (χ0) is 37.0. The van der Waals surface area contributed by atoms with Crippen molar-refractivity contribution >= 4 is 37.4 Å². The Morgan fingerprint density at radius 1 is 0.623 bits per heavy atom. The molecule has 2 unspecified atom stereocenters. The van der Waals surface area contributed by atoms with Crippen LogP contribution in [0.15, 0.2) is 193 Å². The summed E-state index contributed by atoms with van der Waals surface area (Å²) in [6.07, 6.45) is 3.91. The molecule has 4 nitrogen and oxygen atoms in total. The van der Waals surface area contributed by atoms with Crippen LogP contribution in [0.4, 0.5) is 11.4 Å². The quantitative estimate of drug-likeness (QED) is 0.0628. The van der Waals surface area contributed by atoms with Crippen molar-refractivity contribution in [2.24, 2.45) is 10.9 Å². The lowest BCUT2D eigenvalue weighted by molar-refractivity contribution is 0.0917. The minimum atomic E-state index is -1.49. The van der Waals surface area contributed by atoms with Gasteiger partial charge in [0.2, 0.25) is 8.32 Å². The summed E-state index contributed by atoms with van der Waals surface area (Å²) in [5, 5.41) is 3.52. The summed E-state index contributed by atoms with van der Waals surface area (Å²) in [5.74, 6) is 0.965. The van der Waals surface area contributed by atoms with Crippen LogP contribution in [0.3, 0.4) is 0 Å². The number of aliphatic imine (C=N–C) groups is 1. The van der Waals surface area contributed by atoms with Gasteiger partial charge in [-0.15, -0.1) is 0 Å². The summed E-state index contributed by atoms with van der Waals surface area (Å²) in [5.41, 5.74) is 6.14. The monoisotopic (exact) mass is 718 g/mol. The molecule has 0 fully saturated rings. The van der Waals surface area contributed by atoms with Crippen LogP contribution in [0.1, 0.15) is 54.4 Å². The van der Waals surface area contributed by atoms with E-state index in [2.05, 4.69) is 54.2 Å². The van der Waals surface area contributed by atoms with Crippen molar-refractivity contribution in [3.63, 3.8) is 0 Å². The summed E-state index contributed by atoms with van der Waals surface area (Å²) in [4.78, 5) is 17.3. The Labute approximate surface area is 319 Å². The highest BCUT2D eigenvalue weighted by molar-refractivity contribution is 6.70. The van der Waals surface area contributed by atoms with E-state index in [4.69, 9.17) is 4.43 Å². The number of hydrogen-bond donors (Lipinski definition) is 1. The van der Waals surface area contributed by atoms with Crippen molar-refractivity contribution in [1.29, 1.82) is 0 Å². The van der Waals surface area contributed by atoms with Crippen LogP contribution < -0.4 is 5.32 Å². The summed E-state index contributed by atoms with van der Waals surface area (Å²) < 4.78 is 5.97. The number of benzene rings is 6. The number of nitrogens with zero attached hydrogens (tertiary/aromatic N) is 1. The first-order valence-electron chi connectivity index (χ1n) is 17.7. The topological polar surface area (TPSA) is 50.7 Å². The number of anilines is 1. The highest BCUT2D eigenvalue weighted by Gasteiger charge is 2.26. The molecule has 6 aromatic carbocycles. The molecule has 0 saturated heterocycles. The van der Waals surface area contributed by atoms with Gasteiger partial charge in [-0.05, 0) is 68.0 Å². The van der Waals surface area contributed by atoms with Crippen molar-refractivity contribution in [3.05, 3.63) is 210 Å². The van der Waals surface area contributed by atoms with Gasteiger partial charge in [-0.25, -0.2) is 0 Å². The number of Topliss-reactive ketones (excluding diaryl/α,β-unsaturated/α-hetero) is 1. The minimum Gasteiger partial charge on any atom is -0.544 e. The van der Waals surface area contributed by atoms with Crippen LogP contribution in [-0.2, 0) is 4.43 Å². The molecule has 0 heterocycles. The van der Waals surface area contributed by atoms with E-state index in [9.17, 15) is 4.79 Å². The second kappa shape index (κ2) is 22.2. The molecule has 0 aliphatic heterocycles. The van der Waals surface area contributed by atoms with Gasteiger partial charge in [-0.1, -0.05) is 172 Å². The predicted octanol–water partition coefficient (Wildman–Crippen LogP) is 13.3. The summed E-state index contributed by atoms with van der Waals surface area (Å²) in [7, 11) is -1.49. The largest absolute Gasteiger partial charge is 0.544 e. The molecule has 6 rings (SSSR count). The van der Waals surface area contributed by atoms with E-state index in [0.717, 1.165) is 39.4 Å². The van der Waals surface area contributed by atoms with Gasteiger partial charge in [-0.2, -0.15) is 0 Å². The van der Waals surface area contributed by atoms with Gasteiger partial charge < -0.3 is 9.74 Å². The van der Waals surface area contributed by atoms with Crippen LogP contribution >= 0.6 is 0 Å². The molecule has 0 bridgehead atoms. The van der Waals surface area contributed by atoms with Crippen molar-refractivity contribution < 1.29 is 9.22 Å². The number of carbonyl (C=O) groups is 1. The fourth-order valence-electron chi connectivity index (χ4n) is 5.31. The molecule has 0 aliphatic carbocycles. The SMILES string of the molecule is C.C(=Nc1ccccc1)c1ccccc1.C/C=C(\O[Si](C)(C)C)c1ccccc1.CC(C(=O)c1ccccc1)C(Nc1ccccc1)c1ccccc1. The molecule has 0 saturated carbocycles. The van der Waals surface area contributed by atoms with Gasteiger partial charge in [0, 0.05) is 28.9 Å². The maximum absolute atomic E-state index is 12.9. The molecule has 5 heteroatoms. The molecular weight excluding hydrogens is 665 g/mol. The number of para-hydroxylation sites is 2. The molecule has 0 aliphatic rings. The summed E-state index contributed by atoms with van der Waals surface area (Å²) in [6.45, 7) is 10.6. The smallest absolute Gasteiger partial charge is 0.242 e. The van der Waals surface area contributed by atoms with Gasteiger partial charge in [0.05, 0.1) is 11.7 Å². The fourth-order valence-corrected chi connectivity index (χ4v) is 6.20. The van der Waals surface area contributed by atoms with E-state index in [1.807, 2.05) is 184 Å². The third-order valence-corrected chi connectivity index (χ3v) is 8.71. The first-order valence-corrected chi connectivity index (χ1v) is 21.1. The van der Waals surface area contributed by atoms with E-state index < -0.39 is 8.32 Å². The molecule has 0 radical (unpaired) electrons. The number of hydrogen-bond acceptors (Lipinski definition) is 4. The highest BCUT2D eigenvalue weighted by Crippen LogP contribution is 2.29. The van der Waals surface area contributed by atoms with E-state index in [-0.39, 0.29) is 25.2 Å². The van der Waals surface area contributed by atoms with Crippen LogP contribution in [0.2, 0.25) is 19.6 Å². The zero-order valence-electron chi connectivity index (χ0n) is 30.9. The molecular formula is C48H54N2O2Si. The first-order chi connectivity index (χ1) is 25.2. The third kappa shape index (κ3) is 14.8. The van der Waals surface area contributed by atoms with E-state index in [1.54, 1.807) is 0 Å². The van der Waals surface area contributed by atoms with Crippen molar-refractivity contribution in [2.45, 2.75) is 47.0 Å². The lowest BCUT2D eigenvalue weighted by Gasteiger charge is -2.26. The minimum absolute atomic E-state index is 0. The Hall–Kier alpha value is -5.78. The van der Waals surface area contributed by atoms with E-state index in [0.29, 0.717) is 0 Å². The average molecular weight is 719 g/mol. The maximum atomic E-state index is 12.9. The second-order valence-corrected chi connectivity index (χ2v) is 17.6. The number of ketones is 1. The molecule has 53 heavy (non-hydrogen) atoms. The van der Waals surface area contributed by atoms with Crippen molar-refractivity contribution in [1.82, 2.24) is 0 Å². The van der Waals surface area contributed by atoms with Crippen LogP contribution in [0.5, 0.6) is 0 Å². The van der Waals surface area contributed by atoms with Gasteiger partial charge >= 0.3 is 0 Å². The molecule has 272 valence electrons. The standard InChI is InChI=1S/C22H21NO.C13H11N.C12H18OSi.CH4/c1-17(22(24)19-13-7-3-8-14-19)21(18-11-5-2-6-12-18)23-20-15-9-4-10-16-20;1-3-7-12(8-4-1)11-14-13-9-5-2-6-10-13;1-5-12(13-14(2,3)4)11-9-7-6-8-10-11;/h2-17,21,23H,1H3;1-11H;5-10H,1-4H3;1H4/b;;12-5-;. The number of rotatable bonds is 11.